The van der Waals surface area contributed by atoms with Crippen LogP contribution >= 0.6 is 0 Å². The quantitative estimate of drug-likeness (QED) is 0.713. The summed E-state index contributed by atoms with van der Waals surface area (Å²) >= 11 is 0. The average Bonchev–Trinajstić information content (AvgIpc) is 2.18. The van der Waals surface area contributed by atoms with Crippen LogP contribution in [-0.4, -0.2) is 17.6 Å². The molecule has 0 aromatic carbocycles. The third-order valence-corrected chi connectivity index (χ3v) is 2.40. The molecule has 3 heteroatoms. The zero-order chi connectivity index (χ0) is 11.5. The highest BCUT2D eigenvalue weighted by Crippen LogP contribution is 2.24. The van der Waals surface area contributed by atoms with Crippen molar-refractivity contribution in [2.24, 2.45) is 0 Å². The Hall–Kier alpha value is -1.38. The van der Waals surface area contributed by atoms with Crippen molar-refractivity contribution in [2.45, 2.75) is 33.1 Å². The Kier molecular flexibility index (Phi) is 3.45. The van der Waals surface area contributed by atoms with Crippen molar-refractivity contribution >= 4 is 5.97 Å². The van der Waals surface area contributed by atoms with Gasteiger partial charge in [-0.05, 0) is 45.4 Å². The van der Waals surface area contributed by atoms with Crippen molar-refractivity contribution in [1.29, 1.82) is 0 Å². The van der Waals surface area contributed by atoms with Crippen molar-refractivity contribution in [3.05, 3.63) is 29.6 Å². The maximum Gasteiger partial charge on any atom is 0.315 e. The number of rotatable bonds is 3. The molecule has 0 unspecified atom stereocenters. The molecular formula is C12H17NO2. The maximum absolute atomic E-state index is 11.7. The fourth-order valence-corrected chi connectivity index (χ4v) is 1.36. The first kappa shape index (κ1) is 11.7. The minimum atomic E-state index is -0.607. The van der Waals surface area contributed by atoms with Crippen LogP contribution < -0.4 is 0 Å². The van der Waals surface area contributed by atoms with Gasteiger partial charge in [0, 0.05) is 11.9 Å². The summed E-state index contributed by atoms with van der Waals surface area (Å²) in [6.45, 7) is 7.85. The molecule has 1 heterocycles. The normalized spacial score (nSPS) is 11.2. The number of hydrogen-bond donors (Lipinski definition) is 0. The molecule has 0 bridgehead atoms. The monoisotopic (exact) mass is 207 g/mol. The van der Waals surface area contributed by atoms with Crippen molar-refractivity contribution in [3.8, 4) is 0 Å². The first-order valence-corrected chi connectivity index (χ1v) is 5.09. The number of carbonyl (C=O) groups excluding carboxylic acids is 1. The van der Waals surface area contributed by atoms with Gasteiger partial charge in [-0.2, -0.15) is 0 Å². The topological polar surface area (TPSA) is 39.2 Å². The molecule has 0 aliphatic carbocycles. The molecule has 0 radical (unpaired) electrons. The number of ether oxygens (including phenoxy) is 1. The molecule has 1 rings (SSSR count). The third kappa shape index (κ3) is 2.55. The van der Waals surface area contributed by atoms with Crippen LogP contribution in [0.25, 0.3) is 0 Å². The first-order valence-electron chi connectivity index (χ1n) is 5.09. The van der Waals surface area contributed by atoms with E-state index in [1.54, 1.807) is 6.20 Å². The van der Waals surface area contributed by atoms with E-state index >= 15 is 0 Å². The molecule has 0 amide bonds. The van der Waals surface area contributed by atoms with E-state index in [9.17, 15) is 4.79 Å². The second-order valence-corrected chi connectivity index (χ2v) is 4.03. The largest absolute Gasteiger partial charge is 0.465 e. The van der Waals surface area contributed by atoms with E-state index in [2.05, 4.69) is 4.98 Å². The number of carbonyl (C=O) groups is 1. The van der Waals surface area contributed by atoms with Crippen LogP contribution in [0.2, 0.25) is 0 Å². The number of aromatic nitrogens is 1. The molecule has 0 atom stereocenters. The Labute approximate surface area is 90.5 Å². The Morgan fingerprint density at radius 1 is 1.53 bits per heavy atom. The fraction of sp³-hybridized carbons (Fsp3) is 0.500. The lowest BCUT2D eigenvalue weighted by Crippen LogP contribution is -2.31. The van der Waals surface area contributed by atoms with Crippen molar-refractivity contribution < 1.29 is 9.53 Å². The molecule has 15 heavy (non-hydrogen) atoms. The predicted octanol–water partition coefficient (Wildman–Crippen LogP) is 2.23. The Morgan fingerprint density at radius 3 is 2.73 bits per heavy atom. The summed E-state index contributed by atoms with van der Waals surface area (Å²) in [4.78, 5) is 15.8. The van der Waals surface area contributed by atoms with Gasteiger partial charge in [-0.3, -0.25) is 9.78 Å². The molecule has 0 N–H and O–H groups in total. The SMILES string of the molecule is CCOC(=O)C(C)(C)c1ccnc(C)c1. The lowest BCUT2D eigenvalue weighted by atomic mass is 9.85. The molecule has 3 nitrogen and oxygen atoms in total. The van der Waals surface area contributed by atoms with E-state index in [-0.39, 0.29) is 5.97 Å². The van der Waals surface area contributed by atoms with Crippen LogP contribution in [0, 0.1) is 6.92 Å². The Balaban J connectivity index is 2.99. The van der Waals surface area contributed by atoms with Crippen molar-refractivity contribution in [3.63, 3.8) is 0 Å². The highest BCUT2D eigenvalue weighted by molar-refractivity contribution is 5.82. The highest BCUT2D eigenvalue weighted by atomic mass is 16.5. The van der Waals surface area contributed by atoms with Gasteiger partial charge in [-0.25, -0.2) is 0 Å². The van der Waals surface area contributed by atoms with E-state index in [0.717, 1.165) is 11.3 Å². The molecular weight excluding hydrogens is 190 g/mol. The second kappa shape index (κ2) is 4.43. The van der Waals surface area contributed by atoms with E-state index in [1.165, 1.54) is 0 Å². The van der Waals surface area contributed by atoms with E-state index in [0.29, 0.717) is 6.61 Å². The van der Waals surface area contributed by atoms with Crippen LogP contribution in [0.5, 0.6) is 0 Å². The van der Waals surface area contributed by atoms with Gasteiger partial charge < -0.3 is 4.74 Å². The van der Waals surface area contributed by atoms with E-state index < -0.39 is 5.41 Å². The third-order valence-electron chi connectivity index (χ3n) is 2.40. The summed E-state index contributed by atoms with van der Waals surface area (Å²) < 4.78 is 5.04. The first-order chi connectivity index (χ1) is 6.98. The number of esters is 1. The minimum Gasteiger partial charge on any atom is -0.465 e. The molecule has 0 aliphatic heterocycles. The molecule has 1 aromatic heterocycles. The molecule has 0 saturated carbocycles. The molecule has 1 aromatic rings. The number of pyridine rings is 1. The summed E-state index contributed by atoms with van der Waals surface area (Å²) in [7, 11) is 0. The van der Waals surface area contributed by atoms with Gasteiger partial charge >= 0.3 is 5.97 Å². The Morgan fingerprint density at radius 2 is 2.20 bits per heavy atom. The minimum absolute atomic E-state index is 0.199. The van der Waals surface area contributed by atoms with Crippen LogP contribution in [0.15, 0.2) is 18.3 Å². The maximum atomic E-state index is 11.7. The van der Waals surface area contributed by atoms with Crippen LogP contribution in [0.3, 0.4) is 0 Å². The second-order valence-electron chi connectivity index (χ2n) is 4.03. The van der Waals surface area contributed by atoms with Gasteiger partial charge in [-0.1, -0.05) is 0 Å². The lowest BCUT2D eigenvalue weighted by Gasteiger charge is -2.22. The zero-order valence-corrected chi connectivity index (χ0v) is 9.70. The highest BCUT2D eigenvalue weighted by Gasteiger charge is 2.31. The van der Waals surface area contributed by atoms with Crippen LogP contribution in [0.4, 0.5) is 0 Å². The molecule has 0 spiro atoms. The zero-order valence-electron chi connectivity index (χ0n) is 9.70. The summed E-state index contributed by atoms with van der Waals surface area (Å²) in [5, 5.41) is 0. The molecule has 0 fully saturated rings. The summed E-state index contributed by atoms with van der Waals surface area (Å²) in [6.07, 6.45) is 1.71. The average molecular weight is 207 g/mol. The fourth-order valence-electron chi connectivity index (χ4n) is 1.36. The van der Waals surface area contributed by atoms with E-state index in [1.807, 2.05) is 39.8 Å². The van der Waals surface area contributed by atoms with Gasteiger partial charge in [0.05, 0.1) is 12.0 Å². The van der Waals surface area contributed by atoms with Gasteiger partial charge in [-0.15, -0.1) is 0 Å². The van der Waals surface area contributed by atoms with Crippen LogP contribution in [0.1, 0.15) is 32.0 Å². The summed E-state index contributed by atoms with van der Waals surface area (Å²) in [6, 6.07) is 3.76. The molecule has 0 saturated heterocycles. The summed E-state index contributed by atoms with van der Waals surface area (Å²) in [5.41, 5.74) is 1.24. The van der Waals surface area contributed by atoms with Gasteiger partial charge in [0.2, 0.25) is 0 Å². The summed E-state index contributed by atoms with van der Waals surface area (Å²) in [5.74, 6) is -0.199. The standard InChI is InChI=1S/C12H17NO2/c1-5-15-11(14)12(3,4)10-6-7-13-9(2)8-10/h6-8H,5H2,1-4H3. The molecule has 82 valence electrons. The number of aryl methyl sites for hydroxylation is 1. The predicted molar refractivity (Wildman–Crippen MR) is 58.6 cm³/mol. The number of nitrogens with zero attached hydrogens (tertiary/aromatic N) is 1. The molecule has 0 aliphatic rings. The van der Waals surface area contributed by atoms with Crippen molar-refractivity contribution in [1.82, 2.24) is 4.98 Å². The number of hydrogen-bond acceptors (Lipinski definition) is 3. The lowest BCUT2D eigenvalue weighted by molar-refractivity contribution is -0.148. The van der Waals surface area contributed by atoms with Gasteiger partial charge in [0.1, 0.15) is 0 Å². The van der Waals surface area contributed by atoms with Crippen molar-refractivity contribution in [2.75, 3.05) is 6.61 Å². The van der Waals surface area contributed by atoms with Crippen LogP contribution in [-0.2, 0) is 14.9 Å². The van der Waals surface area contributed by atoms with Gasteiger partial charge in [0.25, 0.3) is 0 Å². The Bertz CT molecular complexity index is 358. The van der Waals surface area contributed by atoms with E-state index in [4.69, 9.17) is 4.74 Å². The van der Waals surface area contributed by atoms with Gasteiger partial charge in [0.15, 0.2) is 0 Å². The smallest absolute Gasteiger partial charge is 0.315 e.